The first kappa shape index (κ1) is 14.1. The Labute approximate surface area is 114 Å². The van der Waals surface area contributed by atoms with E-state index in [0.717, 1.165) is 32.2 Å². The molecule has 1 aliphatic carbocycles. The average Bonchev–Trinajstić information content (AvgIpc) is 2.84. The van der Waals surface area contributed by atoms with E-state index in [9.17, 15) is 4.79 Å². The van der Waals surface area contributed by atoms with E-state index in [1.165, 1.54) is 6.42 Å². The molecule has 0 bridgehead atoms. The Morgan fingerprint density at radius 1 is 1.37 bits per heavy atom. The molecule has 2 N–H and O–H groups in total. The van der Waals surface area contributed by atoms with Gasteiger partial charge in [-0.2, -0.15) is 5.10 Å². The molecular weight excluding hydrogens is 240 g/mol. The number of amides is 1. The number of carbonyl (C=O) groups is 1. The maximum Gasteiger partial charge on any atom is 0.269 e. The van der Waals surface area contributed by atoms with Gasteiger partial charge in [0.05, 0.1) is 0 Å². The Balaban J connectivity index is 1.77. The molecule has 1 heterocycles. The van der Waals surface area contributed by atoms with Crippen LogP contribution in [-0.2, 0) is 7.05 Å². The van der Waals surface area contributed by atoms with Crippen LogP contribution < -0.4 is 10.6 Å². The third-order valence-electron chi connectivity index (χ3n) is 3.80. The molecule has 106 valence electrons. The topological polar surface area (TPSA) is 58.9 Å². The van der Waals surface area contributed by atoms with Gasteiger partial charge in [0.2, 0.25) is 0 Å². The lowest BCUT2D eigenvalue weighted by molar-refractivity contribution is 0.0914. The molecule has 0 aliphatic heterocycles. The molecule has 1 saturated carbocycles. The van der Waals surface area contributed by atoms with Crippen LogP contribution in [0, 0.1) is 0 Å². The zero-order chi connectivity index (χ0) is 13.7. The van der Waals surface area contributed by atoms with Crippen molar-refractivity contribution >= 4 is 5.91 Å². The molecule has 5 nitrogen and oxygen atoms in total. The summed E-state index contributed by atoms with van der Waals surface area (Å²) >= 11 is 0. The minimum atomic E-state index is -0.00929. The number of aryl methyl sites for hydroxylation is 1. The van der Waals surface area contributed by atoms with Gasteiger partial charge < -0.3 is 10.6 Å². The maximum atomic E-state index is 12.1. The number of rotatable bonds is 5. The van der Waals surface area contributed by atoms with Gasteiger partial charge in [-0.25, -0.2) is 0 Å². The molecule has 0 radical (unpaired) electrons. The fourth-order valence-electron chi connectivity index (χ4n) is 2.65. The van der Waals surface area contributed by atoms with Gasteiger partial charge in [-0.05, 0) is 44.7 Å². The van der Waals surface area contributed by atoms with Crippen LogP contribution in [0.1, 0.15) is 49.5 Å². The van der Waals surface area contributed by atoms with Gasteiger partial charge in [0.25, 0.3) is 5.91 Å². The van der Waals surface area contributed by atoms with E-state index in [-0.39, 0.29) is 5.91 Å². The first-order valence-electron chi connectivity index (χ1n) is 7.23. The number of nitrogens with one attached hydrogen (secondary N) is 2. The minimum absolute atomic E-state index is 0.00929. The summed E-state index contributed by atoms with van der Waals surface area (Å²) in [6, 6.07) is 2.69. The predicted molar refractivity (Wildman–Crippen MR) is 75.0 cm³/mol. The standard InChI is InChI=1S/C14H24N4O/c1-3-9-15-11-4-6-12(7-5-11)17-14(19)13-8-10-16-18(13)2/h8,10-12,15H,3-7,9H2,1-2H3,(H,17,19). The van der Waals surface area contributed by atoms with Gasteiger partial charge in [0.15, 0.2) is 0 Å². The molecule has 1 aromatic rings. The van der Waals surface area contributed by atoms with Crippen molar-refractivity contribution in [1.82, 2.24) is 20.4 Å². The van der Waals surface area contributed by atoms with Crippen molar-refractivity contribution in [3.63, 3.8) is 0 Å². The predicted octanol–water partition coefficient (Wildman–Crippen LogP) is 1.46. The van der Waals surface area contributed by atoms with Crippen LogP contribution in [0.3, 0.4) is 0 Å². The fourth-order valence-corrected chi connectivity index (χ4v) is 2.65. The van der Waals surface area contributed by atoms with Crippen molar-refractivity contribution < 1.29 is 4.79 Å². The molecule has 1 aliphatic rings. The van der Waals surface area contributed by atoms with E-state index in [1.807, 2.05) is 0 Å². The van der Waals surface area contributed by atoms with Crippen LogP contribution in [0.15, 0.2) is 12.3 Å². The summed E-state index contributed by atoms with van der Waals surface area (Å²) in [4.78, 5) is 12.1. The summed E-state index contributed by atoms with van der Waals surface area (Å²) in [5, 5.41) is 10.7. The molecule has 0 unspecified atom stereocenters. The van der Waals surface area contributed by atoms with Crippen molar-refractivity contribution in [3.05, 3.63) is 18.0 Å². The van der Waals surface area contributed by atoms with E-state index >= 15 is 0 Å². The Morgan fingerprint density at radius 3 is 2.63 bits per heavy atom. The third kappa shape index (κ3) is 3.80. The highest BCUT2D eigenvalue weighted by Crippen LogP contribution is 2.19. The van der Waals surface area contributed by atoms with Gasteiger partial charge in [0, 0.05) is 25.3 Å². The Hall–Kier alpha value is -1.36. The molecule has 1 fully saturated rings. The second-order valence-electron chi connectivity index (χ2n) is 5.32. The molecule has 19 heavy (non-hydrogen) atoms. The van der Waals surface area contributed by atoms with Crippen molar-refractivity contribution in [3.8, 4) is 0 Å². The summed E-state index contributed by atoms with van der Waals surface area (Å²) < 4.78 is 1.61. The zero-order valence-corrected chi connectivity index (χ0v) is 11.9. The highest BCUT2D eigenvalue weighted by molar-refractivity contribution is 5.92. The van der Waals surface area contributed by atoms with Crippen molar-refractivity contribution in [2.75, 3.05) is 6.54 Å². The van der Waals surface area contributed by atoms with Crippen LogP contribution in [0.5, 0.6) is 0 Å². The monoisotopic (exact) mass is 264 g/mol. The van der Waals surface area contributed by atoms with Crippen molar-refractivity contribution in [1.29, 1.82) is 0 Å². The summed E-state index contributed by atoms with van der Waals surface area (Å²) in [7, 11) is 1.79. The second kappa shape index (κ2) is 6.70. The SMILES string of the molecule is CCCNC1CCC(NC(=O)c2ccnn2C)CC1. The van der Waals surface area contributed by atoms with Gasteiger partial charge in [-0.3, -0.25) is 9.48 Å². The lowest BCUT2D eigenvalue weighted by Crippen LogP contribution is -2.42. The van der Waals surface area contributed by atoms with Gasteiger partial charge in [-0.15, -0.1) is 0 Å². The highest BCUT2D eigenvalue weighted by atomic mass is 16.2. The normalized spacial score (nSPS) is 23.3. The van der Waals surface area contributed by atoms with Crippen LogP contribution in [0.25, 0.3) is 0 Å². The first-order chi connectivity index (χ1) is 9.20. The molecule has 1 aromatic heterocycles. The number of hydrogen-bond donors (Lipinski definition) is 2. The molecule has 0 spiro atoms. The van der Waals surface area contributed by atoms with E-state index in [0.29, 0.717) is 17.8 Å². The first-order valence-corrected chi connectivity index (χ1v) is 7.23. The van der Waals surface area contributed by atoms with Gasteiger partial charge in [-0.1, -0.05) is 6.92 Å². The quantitative estimate of drug-likeness (QED) is 0.846. The number of carbonyl (C=O) groups excluding carboxylic acids is 1. The smallest absolute Gasteiger partial charge is 0.269 e. The number of nitrogens with zero attached hydrogens (tertiary/aromatic N) is 2. The van der Waals surface area contributed by atoms with Crippen LogP contribution in [0.2, 0.25) is 0 Å². The van der Waals surface area contributed by atoms with E-state index in [1.54, 1.807) is 24.0 Å². The Bertz CT molecular complexity index is 407. The molecule has 1 amide bonds. The van der Waals surface area contributed by atoms with E-state index < -0.39 is 0 Å². The maximum absolute atomic E-state index is 12.1. The minimum Gasteiger partial charge on any atom is -0.348 e. The number of aromatic nitrogens is 2. The highest BCUT2D eigenvalue weighted by Gasteiger charge is 2.22. The Morgan fingerprint density at radius 2 is 2.05 bits per heavy atom. The van der Waals surface area contributed by atoms with E-state index in [4.69, 9.17) is 0 Å². The summed E-state index contributed by atoms with van der Waals surface area (Å²) in [6.45, 7) is 3.28. The van der Waals surface area contributed by atoms with Crippen LogP contribution in [0.4, 0.5) is 0 Å². The lowest BCUT2D eigenvalue weighted by Gasteiger charge is -2.29. The third-order valence-corrected chi connectivity index (χ3v) is 3.80. The summed E-state index contributed by atoms with van der Waals surface area (Å²) in [6.07, 6.45) is 7.25. The molecule has 0 atom stereocenters. The zero-order valence-electron chi connectivity index (χ0n) is 11.9. The van der Waals surface area contributed by atoms with Gasteiger partial charge in [0.1, 0.15) is 5.69 Å². The van der Waals surface area contributed by atoms with Crippen LogP contribution >= 0.6 is 0 Å². The summed E-state index contributed by atoms with van der Waals surface area (Å²) in [5.41, 5.74) is 0.631. The second-order valence-corrected chi connectivity index (χ2v) is 5.32. The molecule has 0 saturated heterocycles. The van der Waals surface area contributed by atoms with Crippen molar-refractivity contribution in [2.45, 2.75) is 51.1 Å². The molecule has 0 aromatic carbocycles. The summed E-state index contributed by atoms with van der Waals surface area (Å²) in [5.74, 6) is -0.00929. The molecule has 5 heteroatoms. The number of hydrogen-bond acceptors (Lipinski definition) is 3. The van der Waals surface area contributed by atoms with Crippen LogP contribution in [-0.4, -0.2) is 34.3 Å². The Kier molecular flexibility index (Phi) is 4.96. The molecule has 2 rings (SSSR count). The van der Waals surface area contributed by atoms with Gasteiger partial charge >= 0.3 is 0 Å². The lowest BCUT2D eigenvalue weighted by atomic mass is 9.91. The van der Waals surface area contributed by atoms with Crippen molar-refractivity contribution in [2.24, 2.45) is 7.05 Å². The average molecular weight is 264 g/mol. The molecular formula is C14H24N4O. The largest absolute Gasteiger partial charge is 0.348 e. The van der Waals surface area contributed by atoms with E-state index in [2.05, 4.69) is 22.7 Å². The fraction of sp³-hybridized carbons (Fsp3) is 0.714.